The van der Waals surface area contributed by atoms with Crippen molar-refractivity contribution in [3.63, 3.8) is 0 Å². The zero-order valence-corrected chi connectivity index (χ0v) is 22.7. The van der Waals surface area contributed by atoms with Gasteiger partial charge in [-0.1, -0.05) is 73.2 Å². The normalized spacial score (nSPS) is 9.42. The Morgan fingerprint density at radius 1 is 0.548 bits per heavy atom. The Labute approximate surface area is 219 Å². The van der Waals surface area contributed by atoms with Gasteiger partial charge in [-0.2, -0.15) is 24.3 Å². The summed E-state index contributed by atoms with van der Waals surface area (Å²) in [5.41, 5.74) is 11.2. The molecule has 4 aromatic rings. The maximum absolute atomic E-state index is 2.22. The van der Waals surface area contributed by atoms with Crippen LogP contribution in [0.2, 0.25) is 0 Å². The van der Waals surface area contributed by atoms with Crippen molar-refractivity contribution in [2.45, 2.75) is 40.5 Å². The van der Waals surface area contributed by atoms with Gasteiger partial charge < -0.3 is 24.8 Å². The molecule has 0 saturated heterocycles. The van der Waals surface area contributed by atoms with E-state index in [0.717, 1.165) is 12.8 Å². The first kappa shape index (κ1) is 29.6. The third kappa shape index (κ3) is 7.32. The summed E-state index contributed by atoms with van der Waals surface area (Å²) in [6.45, 7) is 8.81. The molecule has 4 aromatic carbocycles. The largest absolute Gasteiger partial charge is 4.00 e. The van der Waals surface area contributed by atoms with Crippen molar-refractivity contribution in [3.8, 4) is 22.3 Å². The van der Waals surface area contributed by atoms with Gasteiger partial charge in [-0.15, -0.1) is 58.7 Å². The molecular weight excluding hydrogens is 498 g/mol. The zero-order valence-electron chi connectivity index (χ0n) is 18.8. The minimum absolute atomic E-state index is 0. The molecule has 0 bridgehead atoms. The average molecular weight is 529 g/mol. The van der Waals surface area contributed by atoms with Gasteiger partial charge in [-0.25, -0.2) is 0 Å². The van der Waals surface area contributed by atoms with Crippen molar-refractivity contribution < 1.29 is 51.0 Å². The first-order valence-electron chi connectivity index (χ1n) is 10.3. The van der Waals surface area contributed by atoms with Crippen molar-refractivity contribution in [2.24, 2.45) is 0 Å². The van der Waals surface area contributed by atoms with E-state index in [1.165, 1.54) is 44.5 Å². The van der Waals surface area contributed by atoms with Crippen LogP contribution >= 0.6 is 0 Å². The number of hydrogen-bond donors (Lipinski definition) is 0. The van der Waals surface area contributed by atoms with Crippen LogP contribution < -0.4 is 24.8 Å². The van der Waals surface area contributed by atoms with E-state index in [0.29, 0.717) is 0 Å². The third-order valence-corrected chi connectivity index (χ3v) is 5.47. The van der Waals surface area contributed by atoms with Crippen LogP contribution in [-0.4, -0.2) is 0 Å². The molecule has 3 heteroatoms. The van der Waals surface area contributed by atoms with Gasteiger partial charge in [0.1, 0.15) is 0 Å². The van der Waals surface area contributed by atoms with Crippen LogP contribution in [0.5, 0.6) is 0 Å². The minimum atomic E-state index is 0. The van der Waals surface area contributed by atoms with E-state index in [-0.39, 0.29) is 51.0 Å². The van der Waals surface area contributed by atoms with Gasteiger partial charge >= 0.3 is 26.2 Å². The maximum Gasteiger partial charge on any atom is 4.00 e. The Kier molecular flexibility index (Phi) is 14.0. The molecule has 0 N–H and O–H groups in total. The second kappa shape index (κ2) is 14.6. The molecule has 0 aromatic heterocycles. The molecule has 0 aliphatic heterocycles. The summed E-state index contributed by atoms with van der Waals surface area (Å²) in [5, 5.41) is 0. The van der Waals surface area contributed by atoms with Gasteiger partial charge in [0, 0.05) is 0 Å². The summed E-state index contributed by atoms with van der Waals surface area (Å²) in [5.74, 6) is 0. The van der Waals surface area contributed by atoms with Crippen molar-refractivity contribution in [1.82, 2.24) is 0 Å². The van der Waals surface area contributed by atoms with Gasteiger partial charge in [0.15, 0.2) is 0 Å². The first-order chi connectivity index (χ1) is 13.7. The molecule has 0 saturated carbocycles. The standard InChI is InChI=1S/2C14H15.2ClH.Zr/c2*1-3-13-11(2)7-6-10-14(13)12-8-4-5-9-12;;;/h2*4-10H,3H2,1-2H3;2*1H;/q2*-1;;;+4/p-2. The Balaban J connectivity index is 0.000000529. The smallest absolute Gasteiger partial charge is 1.00 e. The Morgan fingerprint density at radius 2 is 0.871 bits per heavy atom. The average Bonchev–Trinajstić information content (AvgIpc) is 3.42. The van der Waals surface area contributed by atoms with Crippen LogP contribution in [0.15, 0.2) is 84.9 Å². The summed E-state index contributed by atoms with van der Waals surface area (Å²) in [4.78, 5) is 0. The SMILES string of the molecule is CCc1c(C)cccc1-[c-]1cccc1.CCc1c(C)cccc1-[c-]1cccc1.[Cl-].[Cl-].[Zr+4]. The molecule has 31 heavy (non-hydrogen) atoms. The molecule has 160 valence electrons. The predicted octanol–water partition coefficient (Wildman–Crippen LogP) is 1.89. The van der Waals surface area contributed by atoms with Gasteiger partial charge in [0.05, 0.1) is 0 Å². The molecule has 0 aliphatic carbocycles. The van der Waals surface area contributed by atoms with Crippen molar-refractivity contribution in [1.29, 1.82) is 0 Å². The van der Waals surface area contributed by atoms with Crippen LogP contribution in [0.4, 0.5) is 0 Å². The monoisotopic (exact) mass is 526 g/mol. The molecule has 0 heterocycles. The maximum atomic E-state index is 2.22. The Morgan fingerprint density at radius 3 is 1.16 bits per heavy atom. The van der Waals surface area contributed by atoms with Crippen LogP contribution in [0, 0.1) is 13.8 Å². The summed E-state index contributed by atoms with van der Waals surface area (Å²) in [7, 11) is 0. The third-order valence-electron chi connectivity index (χ3n) is 5.47. The van der Waals surface area contributed by atoms with E-state index in [2.05, 4.69) is 113 Å². The first-order valence-corrected chi connectivity index (χ1v) is 10.3. The molecule has 0 spiro atoms. The number of benzene rings is 2. The molecule has 0 fully saturated rings. The quantitative estimate of drug-likeness (QED) is 0.355. The van der Waals surface area contributed by atoms with Crippen molar-refractivity contribution >= 4 is 0 Å². The molecule has 0 amide bonds. The topological polar surface area (TPSA) is 0 Å². The minimum Gasteiger partial charge on any atom is -1.00 e. The van der Waals surface area contributed by atoms with Crippen LogP contribution in [-0.2, 0) is 39.0 Å². The molecule has 0 aliphatic rings. The Hall–Kier alpha value is -1.40. The predicted molar refractivity (Wildman–Crippen MR) is 123 cm³/mol. The van der Waals surface area contributed by atoms with E-state index in [1.54, 1.807) is 0 Å². The van der Waals surface area contributed by atoms with E-state index < -0.39 is 0 Å². The summed E-state index contributed by atoms with van der Waals surface area (Å²) >= 11 is 0. The molecule has 0 radical (unpaired) electrons. The van der Waals surface area contributed by atoms with Crippen molar-refractivity contribution in [3.05, 3.63) is 107 Å². The molecule has 4 rings (SSSR count). The van der Waals surface area contributed by atoms with E-state index >= 15 is 0 Å². The van der Waals surface area contributed by atoms with Crippen LogP contribution in [0.25, 0.3) is 22.3 Å². The van der Waals surface area contributed by atoms with Crippen LogP contribution in [0.1, 0.15) is 36.1 Å². The summed E-state index contributed by atoms with van der Waals surface area (Å²) in [6, 6.07) is 30.1. The number of rotatable bonds is 4. The number of halogens is 2. The molecule has 0 nitrogen and oxygen atoms in total. The molecule has 0 unspecified atom stereocenters. The van der Waals surface area contributed by atoms with E-state index in [1.807, 2.05) is 0 Å². The summed E-state index contributed by atoms with van der Waals surface area (Å²) < 4.78 is 0. The van der Waals surface area contributed by atoms with Gasteiger partial charge in [-0.05, 0) is 13.8 Å². The van der Waals surface area contributed by atoms with E-state index in [4.69, 9.17) is 0 Å². The second-order valence-corrected chi connectivity index (χ2v) is 7.26. The van der Waals surface area contributed by atoms with E-state index in [9.17, 15) is 0 Å². The van der Waals surface area contributed by atoms with Crippen molar-refractivity contribution in [2.75, 3.05) is 0 Å². The fraction of sp³-hybridized carbons (Fsp3) is 0.214. The molecule has 0 atom stereocenters. The van der Waals surface area contributed by atoms with Gasteiger partial charge in [-0.3, -0.25) is 0 Å². The van der Waals surface area contributed by atoms with Gasteiger partial charge in [0.2, 0.25) is 0 Å². The second-order valence-electron chi connectivity index (χ2n) is 7.26. The fourth-order valence-corrected chi connectivity index (χ4v) is 3.99. The zero-order chi connectivity index (χ0) is 19.9. The van der Waals surface area contributed by atoms with Gasteiger partial charge in [0.25, 0.3) is 0 Å². The van der Waals surface area contributed by atoms with Crippen LogP contribution in [0.3, 0.4) is 0 Å². The number of aryl methyl sites for hydroxylation is 2. The molecular formula is C28H30Cl2Zr. The Bertz CT molecular complexity index is 916. The number of hydrogen-bond acceptors (Lipinski definition) is 0. The summed E-state index contributed by atoms with van der Waals surface area (Å²) in [6.07, 6.45) is 2.21. The fourth-order valence-electron chi connectivity index (χ4n) is 3.99.